The van der Waals surface area contributed by atoms with Gasteiger partial charge in [0.2, 0.25) is 5.91 Å². The van der Waals surface area contributed by atoms with Gasteiger partial charge in [-0.3, -0.25) is 4.79 Å². The Kier molecular flexibility index (Phi) is 7.20. The second-order valence-electron chi connectivity index (χ2n) is 7.20. The van der Waals surface area contributed by atoms with Gasteiger partial charge >= 0.3 is 0 Å². The molecule has 0 aromatic heterocycles. The molecule has 2 heterocycles. The molecule has 1 N–H and O–H groups in total. The Morgan fingerprint density at radius 1 is 1.28 bits per heavy atom. The number of nitrogens with one attached hydrogen (secondary N) is 1. The van der Waals surface area contributed by atoms with Crippen LogP contribution in [0.2, 0.25) is 0 Å². The molecule has 1 aromatic rings. The smallest absolute Gasteiger partial charge is 0.230 e. The van der Waals surface area contributed by atoms with Gasteiger partial charge in [-0.15, -0.1) is 11.8 Å². The minimum atomic E-state index is 0.177. The van der Waals surface area contributed by atoms with Crippen LogP contribution in [0.3, 0.4) is 0 Å². The van der Waals surface area contributed by atoms with Crippen molar-refractivity contribution >= 4 is 17.7 Å². The van der Waals surface area contributed by atoms with Crippen molar-refractivity contribution in [2.75, 3.05) is 32.0 Å². The van der Waals surface area contributed by atoms with Crippen LogP contribution < -0.4 is 5.32 Å². The molecule has 0 aliphatic carbocycles. The topological polar surface area (TPSA) is 41.6 Å². The normalized spacial score (nSPS) is 22.2. The molecule has 2 aliphatic rings. The molecule has 25 heavy (non-hydrogen) atoms. The van der Waals surface area contributed by atoms with E-state index in [1.165, 1.54) is 24.0 Å². The number of carbonyl (C=O) groups is 1. The summed E-state index contributed by atoms with van der Waals surface area (Å²) in [5, 5.41) is 3.22. The third-order valence-corrected chi connectivity index (χ3v) is 6.17. The molecule has 5 heteroatoms. The molecule has 2 aliphatic heterocycles. The highest BCUT2D eigenvalue weighted by Gasteiger charge is 2.24. The van der Waals surface area contributed by atoms with Gasteiger partial charge in [0.15, 0.2) is 0 Å². The first-order valence-electron chi connectivity index (χ1n) is 9.46. The highest BCUT2D eigenvalue weighted by atomic mass is 32.2. The summed E-state index contributed by atoms with van der Waals surface area (Å²) < 4.78 is 5.72. The Bertz CT molecular complexity index is 552. The minimum Gasteiger partial charge on any atom is -0.377 e. The molecule has 138 valence electrons. The number of piperidine rings is 1. The lowest BCUT2D eigenvalue weighted by atomic mass is 10.0. The molecule has 0 spiro atoms. The number of carbonyl (C=O) groups excluding carboxylic acids is 1. The van der Waals surface area contributed by atoms with Gasteiger partial charge in [0.25, 0.3) is 0 Å². The summed E-state index contributed by atoms with van der Waals surface area (Å²) in [6, 6.07) is 8.73. The van der Waals surface area contributed by atoms with Gasteiger partial charge in [0.05, 0.1) is 11.9 Å². The number of thioether (sulfide) groups is 1. The Balaban J connectivity index is 1.30. The molecule has 1 amide bonds. The van der Waals surface area contributed by atoms with Crippen molar-refractivity contribution in [2.24, 2.45) is 0 Å². The molecule has 0 bridgehead atoms. The van der Waals surface area contributed by atoms with E-state index >= 15 is 0 Å². The maximum Gasteiger partial charge on any atom is 0.230 e. The molecule has 1 atom stereocenters. The van der Waals surface area contributed by atoms with Crippen LogP contribution in [0.25, 0.3) is 0 Å². The molecule has 1 aromatic carbocycles. The van der Waals surface area contributed by atoms with Gasteiger partial charge in [-0.25, -0.2) is 0 Å². The molecule has 3 rings (SSSR count). The maximum absolute atomic E-state index is 12.2. The highest BCUT2D eigenvalue weighted by molar-refractivity contribution is 7.99. The van der Waals surface area contributed by atoms with E-state index in [-0.39, 0.29) is 5.91 Å². The zero-order chi connectivity index (χ0) is 17.5. The second-order valence-corrected chi connectivity index (χ2v) is 8.18. The van der Waals surface area contributed by atoms with Crippen molar-refractivity contribution in [1.29, 1.82) is 0 Å². The summed E-state index contributed by atoms with van der Waals surface area (Å²) in [5.74, 6) is 1.63. The van der Waals surface area contributed by atoms with Crippen LogP contribution in [-0.2, 0) is 15.3 Å². The van der Waals surface area contributed by atoms with E-state index in [4.69, 9.17) is 4.74 Å². The van der Waals surface area contributed by atoms with Crippen LogP contribution >= 0.6 is 11.8 Å². The number of aryl methyl sites for hydroxylation is 1. The number of amides is 1. The van der Waals surface area contributed by atoms with Crippen LogP contribution in [0, 0.1) is 6.92 Å². The maximum atomic E-state index is 12.2. The van der Waals surface area contributed by atoms with Crippen molar-refractivity contribution in [3.8, 4) is 0 Å². The Morgan fingerprint density at radius 2 is 2.08 bits per heavy atom. The Morgan fingerprint density at radius 3 is 2.80 bits per heavy atom. The van der Waals surface area contributed by atoms with E-state index in [1.807, 2.05) is 0 Å². The van der Waals surface area contributed by atoms with E-state index < -0.39 is 0 Å². The first kappa shape index (κ1) is 18.7. The van der Waals surface area contributed by atoms with Crippen LogP contribution in [0.5, 0.6) is 0 Å². The molecule has 4 nitrogen and oxygen atoms in total. The van der Waals surface area contributed by atoms with E-state index in [0.29, 0.717) is 17.9 Å². The average Bonchev–Trinajstić information content (AvgIpc) is 3.11. The summed E-state index contributed by atoms with van der Waals surface area (Å²) in [6.45, 7) is 6.26. The first-order valence-corrected chi connectivity index (χ1v) is 10.6. The summed E-state index contributed by atoms with van der Waals surface area (Å²) in [4.78, 5) is 14.7. The lowest BCUT2D eigenvalue weighted by Crippen LogP contribution is -2.46. The first-order chi connectivity index (χ1) is 12.2. The predicted octanol–water partition coefficient (Wildman–Crippen LogP) is 2.99. The number of ether oxygens (including phenoxy) is 1. The fraction of sp³-hybridized carbons (Fsp3) is 0.650. The minimum absolute atomic E-state index is 0.177. The highest BCUT2D eigenvalue weighted by Crippen LogP contribution is 2.18. The quantitative estimate of drug-likeness (QED) is 0.810. The zero-order valence-electron chi connectivity index (χ0n) is 15.2. The lowest BCUT2D eigenvalue weighted by Gasteiger charge is -2.33. The van der Waals surface area contributed by atoms with Crippen molar-refractivity contribution in [1.82, 2.24) is 10.2 Å². The molecule has 2 fully saturated rings. The predicted molar refractivity (Wildman–Crippen MR) is 104 cm³/mol. The van der Waals surface area contributed by atoms with Gasteiger partial charge < -0.3 is 15.0 Å². The second kappa shape index (κ2) is 9.60. The van der Waals surface area contributed by atoms with Gasteiger partial charge in [0.1, 0.15) is 0 Å². The fourth-order valence-corrected chi connectivity index (χ4v) is 4.55. The van der Waals surface area contributed by atoms with E-state index in [9.17, 15) is 4.79 Å². The average molecular weight is 363 g/mol. The number of nitrogens with zero attached hydrogens (tertiary/aromatic N) is 1. The number of hydrogen-bond acceptors (Lipinski definition) is 4. The SMILES string of the molecule is Cc1ccccc1CSCC(=O)NC1CCN(CC2CCCO2)CC1. The van der Waals surface area contributed by atoms with Crippen molar-refractivity contribution in [3.63, 3.8) is 0 Å². The van der Waals surface area contributed by atoms with Gasteiger partial charge in [-0.05, 0) is 43.7 Å². The third kappa shape index (κ3) is 6.01. The van der Waals surface area contributed by atoms with Gasteiger partial charge in [-0.2, -0.15) is 0 Å². The van der Waals surface area contributed by atoms with Crippen molar-refractivity contribution in [3.05, 3.63) is 35.4 Å². The molecule has 1 unspecified atom stereocenters. The van der Waals surface area contributed by atoms with Crippen molar-refractivity contribution in [2.45, 2.75) is 50.5 Å². The zero-order valence-corrected chi connectivity index (χ0v) is 16.0. The van der Waals surface area contributed by atoms with E-state index in [2.05, 4.69) is 41.4 Å². The Hall–Kier alpha value is -1.04. The summed E-state index contributed by atoms with van der Waals surface area (Å²) in [7, 11) is 0. The summed E-state index contributed by atoms with van der Waals surface area (Å²) in [5.41, 5.74) is 2.62. The summed E-state index contributed by atoms with van der Waals surface area (Å²) >= 11 is 1.70. The van der Waals surface area contributed by atoms with Crippen LogP contribution in [-0.4, -0.2) is 54.9 Å². The summed E-state index contributed by atoms with van der Waals surface area (Å²) in [6.07, 6.45) is 4.96. The Labute approximate surface area is 155 Å². The third-order valence-electron chi connectivity index (χ3n) is 5.19. The monoisotopic (exact) mass is 362 g/mol. The lowest BCUT2D eigenvalue weighted by molar-refractivity contribution is -0.119. The number of hydrogen-bond donors (Lipinski definition) is 1. The van der Waals surface area contributed by atoms with Gasteiger partial charge in [0, 0.05) is 38.0 Å². The number of likely N-dealkylation sites (tertiary alicyclic amines) is 1. The number of benzene rings is 1. The van der Waals surface area contributed by atoms with E-state index in [1.54, 1.807) is 11.8 Å². The fourth-order valence-electron chi connectivity index (χ4n) is 3.63. The van der Waals surface area contributed by atoms with E-state index in [0.717, 1.165) is 44.8 Å². The molecular formula is C20H30N2O2S. The van der Waals surface area contributed by atoms with Crippen LogP contribution in [0.15, 0.2) is 24.3 Å². The molecule has 0 radical (unpaired) electrons. The standard InChI is InChI=1S/C20H30N2O2S/c1-16-5-2-3-6-17(16)14-25-15-20(23)21-18-8-10-22(11-9-18)13-19-7-4-12-24-19/h2-3,5-6,18-19H,4,7-15H2,1H3,(H,21,23). The largest absolute Gasteiger partial charge is 0.377 e. The van der Waals surface area contributed by atoms with Crippen molar-refractivity contribution < 1.29 is 9.53 Å². The molecular weight excluding hydrogens is 332 g/mol. The van der Waals surface area contributed by atoms with Gasteiger partial charge in [-0.1, -0.05) is 24.3 Å². The van der Waals surface area contributed by atoms with Crippen LogP contribution in [0.1, 0.15) is 36.8 Å². The molecule has 0 saturated carbocycles. The molecule has 2 saturated heterocycles. The number of rotatable bonds is 7. The van der Waals surface area contributed by atoms with Crippen LogP contribution in [0.4, 0.5) is 0 Å².